The summed E-state index contributed by atoms with van der Waals surface area (Å²) in [6.07, 6.45) is -2.64. The second kappa shape index (κ2) is 8.98. The minimum absolute atomic E-state index is 0.0618. The Morgan fingerprint density at radius 2 is 1.44 bits per heavy atom. The van der Waals surface area contributed by atoms with Crippen molar-refractivity contribution in [2.24, 2.45) is 0 Å². The van der Waals surface area contributed by atoms with Gasteiger partial charge in [0.05, 0.1) is 5.75 Å². The number of hydrogen-bond acceptors (Lipinski definition) is 5. The SMILES string of the molecule is CCCCCS(=O)(=O)Oc1cccc(Oc2cccc(OC(F)(F)F)c2)c1. The van der Waals surface area contributed by atoms with E-state index in [0.29, 0.717) is 6.42 Å². The van der Waals surface area contributed by atoms with Gasteiger partial charge in [0, 0.05) is 12.1 Å². The van der Waals surface area contributed by atoms with Crippen molar-refractivity contribution in [2.45, 2.75) is 32.5 Å². The Kier molecular flexibility index (Phi) is 6.95. The molecule has 0 atom stereocenters. The summed E-state index contributed by atoms with van der Waals surface area (Å²) in [5.74, 6) is -0.152. The zero-order valence-corrected chi connectivity index (χ0v) is 15.3. The Morgan fingerprint density at radius 1 is 0.889 bits per heavy atom. The average Bonchev–Trinajstić information content (AvgIpc) is 2.53. The van der Waals surface area contributed by atoms with Crippen LogP contribution in [0.15, 0.2) is 48.5 Å². The summed E-state index contributed by atoms with van der Waals surface area (Å²) in [7, 11) is -3.72. The normalized spacial score (nSPS) is 11.9. The highest BCUT2D eigenvalue weighted by molar-refractivity contribution is 7.87. The lowest BCUT2D eigenvalue weighted by Gasteiger charge is -2.11. The fourth-order valence-corrected chi connectivity index (χ4v) is 3.22. The quantitative estimate of drug-likeness (QED) is 0.421. The van der Waals surface area contributed by atoms with E-state index in [9.17, 15) is 21.6 Å². The van der Waals surface area contributed by atoms with E-state index >= 15 is 0 Å². The molecule has 9 heteroatoms. The Morgan fingerprint density at radius 3 is 2.04 bits per heavy atom. The fourth-order valence-electron chi connectivity index (χ4n) is 2.18. The van der Waals surface area contributed by atoms with Crippen LogP contribution in [0.3, 0.4) is 0 Å². The standard InChI is InChI=1S/C18H19F3O5S/c1-2-3-4-11-27(22,23)26-17-10-6-8-15(13-17)24-14-7-5-9-16(12-14)25-18(19,20)21/h5-10,12-13H,2-4,11H2,1H3. The largest absolute Gasteiger partial charge is 0.573 e. The van der Waals surface area contributed by atoms with Crippen LogP contribution in [0.4, 0.5) is 13.2 Å². The first kappa shape index (κ1) is 20.9. The molecule has 0 amide bonds. The highest BCUT2D eigenvalue weighted by Crippen LogP contribution is 2.30. The Balaban J connectivity index is 2.06. The first-order valence-electron chi connectivity index (χ1n) is 8.23. The van der Waals surface area contributed by atoms with Crippen LogP contribution in [0.5, 0.6) is 23.0 Å². The number of ether oxygens (including phenoxy) is 2. The molecule has 2 rings (SSSR count). The highest BCUT2D eigenvalue weighted by atomic mass is 32.2. The van der Waals surface area contributed by atoms with E-state index in [-0.39, 0.29) is 23.0 Å². The molecule has 5 nitrogen and oxygen atoms in total. The van der Waals surface area contributed by atoms with Gasteiger partial charge in [0.15, 0.2) is 0 Å². The maximum atomic E-state index is 12.3. The predicted octanol–water partition coefficient (Wildman–Crippen LogP) is 5.28. The molecule has 0 saturated heterocycles. The first-order chi connectivity index (χ1) is 12.7. The Labute approximate surface area is 155 Å². The third kappa shape index (κ3) is 7.78. The van der Waals surface area contributed by atoms with Crippen molar-refractivity contribution in [3.63, 3.8) is 0 Å². The lowest BCUT2D eigenvalue weighted by atomic mass is 10.3. The van der Waals surface area contributed by atoms with Gasteiger partial charge in [-0.1, -0.05) is 31.9 Å². The van der Waals surface area contributed by atoms with Crippen LogP contribution < -0.4 is 13.7 Å². The van der Waals surface area contributed by atoms with Crippen molar-refractivity contribution in [1.29, 1.82) is 0 Å². The molecule has 0 aromatic heterocycles. The molecule has 27 heavy (non-hydrogen) atoms. The summed E-state index contributed by atoms with van der Waals surface area (Å²) < 4.78 is 75.1. The maximum Gasteiger partial charge on any atom is 0.573 e. The van der Waals surface area contributed by atoms with Crippen LogP contribution in [-0.4, -0.2) is 20.5 Å². The van der Waals surface area contributed by atoms with Gasteiger partial charge in [0.1, 0.15) is 23.0 Å². The van der Waals surface area contributed by atoms with Crippen LogP contribution in [0.25, 0.3) is 0 Å². The van der Waals surface area contributed by atoms with E-state index in [0.717, 1.165) is 25.0 Å². The van der Waals surface area contributed by atoms with E-state index in [1.165, 1.54) is 36.4 Å². The molecule has 0 heterocycles. The molecule has 0 aliphatic heterocycles. The van der Waals surface area contributed by atoms with Gasteiger partial charge >= 0.3 is 16.5 Å². The molecular formula is C18H19F3O5S. The number of rotatable bonds is 9. The molecule has 148 valence electrons. The topological polar surface area (TPSA) is 61.8 Å². The van der Waals surface area contributed by atoms with Crippen molar-refractivity contribution < 1.29 is 35.2 Å². The summed E-state index contributed by atoms with van der Waals surface area (Å²) in [5, 5.41) is 0. The molecule has 0 aliphatic rings. The summed E-state index contributed by atoms with van der Waals surface area (Å²) in [5.41, 5.74) is 0. The van der Waals surface area contributed by atoms with Crippen molar-refractivity contribution in [2.75, 3.05) is 5.75 Å². The summed E-state index contributed by atoms with van der Waals surface area (Å²) in [6.45, 7) is 1.96. The molecule has 0 radical (unpaired) electrons. The van der Waals surface area contributed by atoms with Gasteiger partial charge in [-0.25, -0.2) is 0 Å². The molecule has 0 saturated carbocycles. The van der Waals surface area contributed by atoms with Gasteiger partial charge in [0.2, 0.25) is 0 Å². The molecule has 0 unspecified atom stereocenters. The van der Waals surface area contributed by atoms with Crippen LogP contribution in [0, 0.1) is 0 Å². The lowest BCUT2D eigenvalue weighted by molar-refractivity contribution is -0.274. The molecule has 0 N–H and O–H groups in total. The molecule has 0 aliphatic carbocycles. The van der Waals surface area contributed by atoms with Gasteiger partial charge in [-0.15, -0.1) is 13.2 Å². The lowest BCUT2D eigenvalue weighted by Crippen LogP contribution is -2.17. The number of unbranched alkanes of at least 4 members (excludes halogenated alkanes) is 2. The molecule has 0 fully saturated rings. The fraction of sp³-hybridized carbons (Fsp3) is 0.333. The van der Waals surface area contributed by atoms with Gasteiger partial charge in [0.25, 0.3) is 0 Å². The summed E-state index contributed by atoms with van der Waals surface area (Å²) in [6, 6.07) is 10.8. The molecule has 0 bridgehead atoms. The second-order valence-corrected chi connectivity index (χ2v) is 7.34. The number of halogens is 3. The van der Waals surface area contributed by atoms with Crippen molar-refractivity contribution in [1.82, 2.24) is 0 Å². The third-order valence-corrected chi connectivity index (χ3v) is 4.54. The first-order valence-corrected chi connectivity index (χ1v) is 9.80. The molecule has 2 aromatic rings. The van der Waals surface area contributed by atoms with E-state index in [1.807, 2.05) is 6.92 Å². The molecule has 2 aromatic carbocycles. The van der Waals surface area contributed by atoms with Crippen molar-refractivity contribution in [3.8, 4) is 23.0 Å². The average molecular weight is 404 g/mol. The zero-order chi connectivity index (χ0) is 19.9. The number of benzene rings is 2. The summed E-state index contributed by atoms with van der Waals surface area (Å²) in [4.78, 5) is 0. The third-order valence-electron chi connectivity index (χ3n) is 3.30. The van der Waals surface area contributed by atoms with E-state index in [2.05, 4.69) is 4.74 Å². The number of alkyl halides is 3. The zero-order valence-electron chi connectivity index (χ0n) is 14.5. The maximum absolute atomic E-state index is 12.3. The van der Waals surface area contributed by atoms with Crippen LogP contribution in [0.1, 0.15) is 26.2 Å². The van der Waals surface area contributed by atoms with Gasteiger partial charge in [-0.3, -0.25) is 0 Å². The minimum Gasteiger partial charge on any atom is -0.457 e. The van der Waals surface area contributed by atoms with Crippen LogP contribution in [0.2, 0.25) is 0 Å². The van der Waals surface area contributed by atoms with Gasteiger partial charge in [-0.05, 0) is 30.7 Å². The number of hydrogen-bond donors (Lipinski definition) is 0. The monoisotopic (exact) mass is 404 g/mol. The van der Waals surface area contributed by atoms with Crippen LogP contribution in [-0.2, 0) is 10.1 Å². The van der Waals surface area contributed by atoms with E-state index < -0.39 is 22.2 Å². The van der Waals surface area contributed by atoms with Gasteiger partial charge < -0.3 is 13.7 Å². The second-order valence-electron chi connectivity index (χ2n) is 5.65. The van der Waals surface area contributed by atoms with Crippen molar-refractivity contribution >= 4 is 10.1 Å². The van der Waals surface area contributed by atoms with E-state index in [4.69, 9.17) is 8.92 Å². The Bertz CT molecular complexity index is 850. The van der Waals surface area contributed by atoms with E-state index in [1.54, 1.807) is 0 Å². The summed E-state index contributed by atoms with van der Waals surface area (Å²) >= 11 is 0. The smallest absolute Gasteiger partial charge is 0.457 e. The van der Waals surface area contributed by atoms with Crippen LogP contribution >= 0.6 is 0 Å². The highest BCUT2D eigenvalue weighted by Gasteiger charge is 2.31. The molecular weight excluding hydrogens is 385 g/mol. The predicted molar refractivity (Wildman–Crippen MR) is 93.6 cm³/mol. The Hall–Kier alpha value is -2.42. The molecule has 0 spiro atoms. The van der Waals surface area contributed by atoms with Crippen molar-refractivity contribution in [3.05, 3.63) is 48.5 Å². The minimum atomic E-state index is -4.81. The van der Waals surface area contributed by atoms with Gasteiger partial charge in [-0.2, -0.15) is 8.42 Å².